The van der Waals surface area contributed by atoms with Crippen LogP contribution < -0.4 is 0 Å². The zero-order valence-electron chi connectivity index (χ0n) is 22.7. The Morgan fingerprint density at radius 1 is 0.463 bits per heavy atom. The minimum Gasteiger partial charge on any atom is -0.343 e. The van der Waals surface area contributed by atoms with E-state index in [0.717, 1.165) is 0 Å². The van der Waals surface area contributed by atoms with Crippen molar-refractivity contribution in [2.24, 2.45) is 7.05 Å². The van der Waals surface area contributed by atoms with E-state index in [2.05, 4.69) is 151 Å². The number of hydrogen-bond acceptors (Lipinski definition) is 0. The Bertz CT molecular complexity index is 2480. The van der Waals surface area contributed by atoms with E-state index >= 15 is 0 Å². The van der Waals surface area contributed by atoms with Gasteiger partial charge in [0, 0.05) is 39.0 Å². The van der Waals surface area contributed by atoms with Crippen molar-refractivity contribution in [1.29, 1.82) is 0 Å². The Morgan fingerprint density at radius 2 is 1.10 bits per heavy atom. The lowest BCUT2D eigenvalue weighted by atomic mass is 9.93. The highest BCUT2D eigenvalue weighted by Crippen LogP contribution is 2.56. The lowest BCUT2D eigenvalue weighted by molar-refractivity contribution is 1.02. The van der Waals surface area contributed by atoms with Gasteiger partial charge >= 0.3 is 0 Å². The summed E-state index contributed by atoms with van der Waals surface area (Å²) in [5.74, 6) is 0. The maximum Gasteiger partial charge on any atom is 0.0575 e. The summed E-state index contributed by atoms with van der Waals surface area (Å²) in [6.45, 7) is 0. The van der Waals surface area contributed by atoms with Gasteiger partial charge in [0.05, 0.1) is 5.52 Å². The molecule has 0 saturated heterocycles. The molecule has 2 heterocycles. The molecule has 41 heavy (non-hydrogen) atoms. The first-order chi connectivity index (χ1) is 20.3. The Kier molecular flexibility index (Phi) is 4.80. The summed E-state index contributed by atoms with van der Waals surface area (Å²) in [6.07, 6.45) is 0. The highest BCUT2D eigenvalue weighted by Gasteiger charge is 2.20. The van der Waals surface area contributed by atoms with Crippen LogP contribution >= 0.6 is 7.53 Å². The normalized spacial score (nSPS) is 12.5. The van der Waals surface area contributed by atoms with Gasteiger partial charge in [-0.05, 0) is 55.5 Å². The number of aromatic nitrogens is 1. The van der Waals surface area contributed by atoms with Gasteiger partial charge in [0.2, 0.25) is 0 Å². The molecule has 9 aromatic rings. The number of benzene rings is 7. The van der Waals surface area contributed by atoms with Gasteiger partial charge in [-0.15, -0.1) is 0 Å². The number of hydrogen-bond donors (Lipinski definition) is 0. The molecule has 0 radical (unpaired) electrons. The fraction of sp³-hybridized carbons (Fsp3) is 0.0256. The Labute approximate surface area is 238 Å². The Balaban J connectivity index is 1.44. The summed E-state index contributed by atoms with van der Waals surface area (Å²) < 4.78 is 2.41. The molecular formula is C39H26NP. The number of aryl methyl sites for hydroxylation is 1. The SMILES string of the molecule is Cn1c2cccc(-c3ccc4c5ccccc5p(-c5ccccc5)c4c3)c2c2c3ccccc3c3ccccc3c21. The molecule has 0 spiro atoms. The third-order valence-corrected chi connectivity index (χ3v) is 11.4. The van der Waals surface area contributed by atoms with Crippen LogP contribution in [0.1, 0.15) is 0 Å². The fourth-order valence-electron chi connectivity index (χ4n) is 7.16. The quantitative estimate of drug-likeness (QED) is 0.193. The first-order valence-electron chi connectivity index (χ1n) is 14.2. The van der Waals surface area contributed by atoms with Gasteiger partial charge in [-0.1, -0.05) is 135 Å². The molecule has 7 aromatic carbocycles. The van der Waals surface area contributed by atoms with Crippen molar-refractivity contribution in [1.82, 2.24) is 4.57 Å². The minimum atomic E-state index is -0.608. The van der Waals surface area contributed by atoms with Crippen molar-refractivity contribution in [2.45, 2.75) is 0 Å². The fourth-order valence-corrected chi connectivity index (χ4v) is 9.82. The van der Waals surface area contributed by atoms with E-state index < -0.39 is 7.53 Å². The molecule has 1 unspecified atom stereocenters. The van der Waals surface area contributed by atoms with Gasteiger partial charge < -0.3 is 4.57 Å². The van der Waals surface area contributed by atoms with Crippen LogP contribution in [0.4, 0.5) is 0 Å². The van der Waals surface area contributed by atoms with Gasteiger partial charge in [0.1, 0.15) is 0 Å². The molecule has 1 atom stereocenters. The monoisotopic (exact) mass is 539 g/mol. The van der Waals surface area contributed by atoms with Crippen molar-refractivity contribution >= 4 is 71.9 Å². The van der Waals surface area contributed by atoms with Crippen molar-refractivity contribution in [3.05, 3.63) is 140 Å². The van der Waals surface area contributed by atoms with E-state index in [1.54, 1.807) is 0 Å². The molecule has 9 rings (SSSR count). The van der Waals surface area contributed by atoms with Crippen LogP contribution in [-0.2, 0) is 7.05 Å². The average Bonchev–Trinajstić information content (AvgIpc) is 3.53. The van der Waals surface area contributed by atoms with E-state index in [9.17, 15) is 0 Å². The average molecular weight is 540 g/mol. The molecule has 0 fully saturated rings. The lowest BCUT2D eigenvalue weighted by Crippen LogP contribution is -1.88. The molecule has 0 bridgehead atoms. The molecule has 0 aliphatic carbocycles. The third-order valence-electron chi connectivity index (χ3n) is 8.89. The summed E-state index contributed by atoms with van der Waals surface area (Å²) >= 11 is 0. The molecule has 192 valence electrons. The van der Waals surface area contributed by atoms with Crippen LogP contribution in [0.2, 0.25) is 0 Å². The molecule has 0 N–H and O–H groups in total. The number of rotatable bonds is 2. The van der Waals surface area contributed by atoms with E-state index in [1.165, 1.54) is 80.8 Å². The summed E-state index contributed by atoms with van der Waals surface area (Å²) in [4.78, 5) is 0. The molecule has 2 heteroatoms. The molecule has 0 amide bonds. The first-order valence-corrected chi connectivity index (χ1v) is 15.5. The van der Waals surface area contributed by atoms with Gasteiger partial charge in [-0.2, -0.15) is 0 Å². The van der Waals surface area contributed by atoms with Crippen molar-refractivity contribution in [3.8, 4) is 16.4 Å². The smallest absolute Gasteiger partial charge is 0.0575 e. The van der Waals surface area contributed by atoms with E-state index in [-0.39, 0.29) is 0 Å². The highest BCUT2D eigenvalue weighted by molar-refractivity contribution is 7.67. The first kappa shape index (κ1) is 22.9. The molecular weight excluding hydrogens is 513 g/mol. The number of fused-ring (bicyclic) bond motifs is 11. The second-order valence-electron chi connectivity index (χ2n) is 11.0. The maximum absolute atomic E-state index is 2.49. The van der Waals surface area contributed by atoms with Crippen molar-refractivity contribution in [2.75, 3.05) is 0 Å². The van der Waals surface area contributed by atoms with Gasteiger partial charge in [0.15, 0.2) is 0 Å². The van der Waals surface area contributed by atoms with Gasteiger partial charge in [-0.25, -0.2) is 0 Å². The predicted octanol–water partition coefficient (Wildman–Crippen LogP) is 11.6. The zero-order valence-corrected chi connectivity index (χ0v) is 23.6. The summed E-state index contributed by atoms with van der Waals surface area (Å²) in [6, 6.07) is 51.9. The molecule has 0 aliphatic heterocycles. The summed E-state index contributed by atoms with van der Waals surface area (Å²) in [5.41, 5.74) is 5.17. The van der Waals surface area contributed by atoms with Crippen LogP contribution in [0, 0.1) is 0 Å². The lowest BCUT2D eigenvalue weighted by Gasteiger charge is -2.10. The predicted molar refractivity (Wildman–Crippen MR) is 180 cm³/mol. The van der Waals surface area contributed by atoms with Crippen molar-refractivity contribution in [3.63, 3.8) is 0 Å². The second kappa shape index (κ2) is 8.58. The topological polar surface area (TPSA) is 4.93 Å². The van der Waals surface area contributed by atoms with Gasteiger partial charge in [0.25, 0.3) is 0 Å². The van der Waals surface area contributed by atoms with E-state index in [0.29, 0.717) is 0 Å². The molecule has 0 aliphatic rings. The molecule has 0 saturated carbocycles. The molecule has 2 aromatic heterocycles. The van der Waals surface area contributed by atoms with Crippen LogP contribution in [0.5, 0.6) is 0 Å². The van der Waals surface area contributed by atoms with Crippen LogP contribution in [0.25, 0.3) is 80.8 Å². The van der Waals surface area contributed by atoms with Crippen LogP contribution in [-0.4, -0.2) is 4.57 Å². The van der Waals surface area contributed by atoms with Crippen LogP contribution in [0.3, 0.4) is 0 Å². The Hall–Kier alpha value is -4.84. The van der Waals surface area contributed by atoms with Gasteiger partial charge in [-0.3, -0.25) is 0 Å². The maximum atomic E-state index is 2.49. The van der Waals surface area contributed by atoms with Crippen molar-refractivity contribution < 1.29 is 0 Å². The summed E-state index contributed by atoms with van der Waals surface area (Å²) in [5, 5.41) is 15.0. The Morgan fingerprint density at radius 3 is 1.90 bits per heavy atom. The van der Waals surface area contributed by atoms with E-state index in [4.69, 9.17) is 0 Å². The third kappa shape index (κ3) is 3.13. The standard InChI is InChI=1S/C39H26NP/c1-40-34-20-11-19-27(37(34)38-32-17-7-5-14-28(32)29-15-6-8-18-33(29)39(38)40)25-22-23-31-30-16-9-10-21-35(30)41(36(31)24-25)26-12-3-2-4-13-26/h2-24H,1H3. The minimum absolute atomic E-state index is 0.608. The zero-order chi connectivity index (χ0) is 27.1. The highest BCUT2D eigenvalue weighted by atomic mass is 31.1. The summed E-state index contributed by atoms with van der Waals surface area (Å²) in [7, 11) is 1.62. The second-order valence-corrected chi connectivity index (χ2v) is 13.1. The van der Waals surface area contributed by atoms with E-state index in [1.807, 2.05) is 0 Å². The molecule has 1 nitrogen and oxygen atoms in total. The van der Waals surface area contributed by atoms with Crippen LogP contribution in [0.15, 0.2) is 140 Å². The number of nitrogens with zero attached hydrogens (tertiary/aromatic N) is 1. The largest absolute Gasteiger partial charge is 0.343 e.